The maximum absolute atomic E-state index is 13.5. The van der Waals surface area contributed by atoms with Crippen LogP contribution < -0.4 is 11.1 Å². The van der Waals surface area contributed by atoms with Gasteiger partial charge in [-0.25, -0.2) is 8.78 Å². The summed E-state index contributed by atoms with van der Waals surface area (Å²) < 4.78 is 26.9. The monoisotopic (exact) mass is 270 g/mol. The first-order chi connectivity index (χ1) is 8.82. The van der Waals surface area contributed by atoms with Gasteiger partial charge in [0, 0.05) is 11.6 Å². The summed E-state index contributed by atoms with van der Waals surface area (Å²) >= 11 is 0. The highest BCUT2D eigenvalue weighted by Crippen LogP contribution is 2.14. The number of amides is 1. The molecule has 0 saturated carbocycles. The number of hydrogen-bond acceptors (Lipinski definition) is 2. The second kappa shape index (κ2) is 6.61. The maximum atomic E-state index is 13.5. The number of nitrogens with two attached hydrogens (primary N) is 1. The van der Waals surface area contributed by atoms with Gasteiger partial charge in [0.05, 0.1) is 6.04 Å². The SMILES string of the molecule is CC(Cc1c(F)cccc1F)NC(=O)[C@@H](N)C(C)C. The average Bonchev–Trinajstić information content (AvgIpc) is 2.32. The van der Waals surface area contributed by atoms with Crippen LogP contribution in [0.15, 0.2) is 18.2 Å². The van der Waals surface area contributed by atoms with E-state index in [1.165, 1.54) is 18.2 Å². The molecule has 1 amide bonds. The molecular weight excluding hydrogens is 250 g/mol. The fraction of sp³-hybridized carbons (Fsp3) is 0.500. The number of nitrogens with one attached hydrogen (secondary N) is 1. The molecule has 2 atom stereocenters. The van der Waals surface area contributed by atoms with E-state index in [-0.39, 0.29) is 29.9 Å². The van der Waals surface area contributed by atoms with E-state index in [4.69, 9.17) is 5.73 Å². The molecule has 5 heteroatoms. The Labute approximate surface area is 112 Å². The quantitative estimate of drug-likeness (QED) is 0.859. The van der Waals surface area contributed by atoms with Crippen molar-refractivity contribution in [3.05, 3.63) is 35.4 Å². The van der Waals surface area contributed by atoms with Gasteiger partial charge in [0.15, 0.2) is 0 Å². The van der Waals surface area contributed by atoms with E-state index in [1.54, 1.807) is 6.92 Å². The summed E-state index contributed by atoms with van der Waals surface area (Å²) in [5, 5.41) is 2.67. The average molecular weight is 270 g/mol. The lowest BCUT2D eigenvalue weighted by molar-refractivity contribution is -0.123. The molecule has 1 unspecified atom stereocenters. The van der Waals surface area contributed by atoms with Crippen molar-refractivity contribution < 1.29 is 13.6 Å². The van der Waals surface area contributed by atoms with Crippen LogP contribution >= 0.6 is 0 Å². The third kappa shape index (κ3) is 4.28. The smallest absolute Gasteiger partial charge is 0.237 e. The molecule has 1 aromatic rings. The van der Waals surface area contributed by atoms with Crippen LogP contribution in [0.4, 0.5) is 8.78 Å². The minimum Gasteiger partial charge on any atom is -0.352 e. The van der Waals surface area contributed by atoms with Gasteiger partial charge in [0.2, 0.25) is 5.91 Å². The summed E-state index contributed by atoms with van der Waals surface area (Å²) in [5.41, 5.74) is 5.68. The third-order valence-electron chi connectivity index (χ3n) is 2.98. The summed E-state index contributed by atoms with van der Waals surface area (Å²) in [7, 11) is 0. The molecule has 3 nitrogen and oxygen atoms in total. The third-order valence-corrected chi connectivity index (χ3v) is 2.98. The Morgan fingerprint density at radius 3 is 2.26 bits per heavy atom. The Morgan fingerprint density at radius 2 is 1.79 bits per heavy atom. The molecule has 1 aromatic carbocycles. The first-order valence-corrected chi connectivity index (χ1v) is 6.31. The van der Waals surface area contributed by atoms with E-state index >= 15 is 0 Å². The number of benzene rings is 1. The summed E-state index contributed by atoms with van der Waals surface area (Å²) in [6.45, 7) is 5.37. The minimum atomic E-state index is -0.618. The predicted molar refractivity (Wildman–Crippen MR) is 70.5 cm³/mol. The highest BCUT2D eigenvalue weighted by atomic mass is 19.1. The molecule has 0 heterocycles. The predicted octanol–water partition coefficient (Wildman–Crippen LogP) is 2.00. The van der Waals surface area contributed by atoms with Crippen LogP contribution in [0, 0.1) is 17.6 Å². The molecule has 1 rings (SSSR count). The van der Waals surface area contributed by atoms with Gasteiger partial charge >= 0.3 is 0 Å². The molecule has 0 bridgehead atoms. The molecule has 3 N–H and O–H groups in total. The topological polar surface area (TPSA) is 55.1 Å². The standard InChI is InChI=1S/C14H20F2N2O/c1-8(2)13(17)14(19)18-9(3)7-10-11(15)5-4-6-12(10)16/h4-6,8-9,13H,7,17H2,1-3H3,(H,18,19)/t9?,13-/m0/s1. The van der Waals surface area contributed by atoms with Crippen LogP contribution in [0.2, 0.25) is 0 Å². The Balaban J connectivity index is 2.66. The van der Waals surface area contributed by atoms with Crippen LogP contribution in [-0.2, 0) is 11.2 Å². The molecular formula is C14H20F2N2O. The van der Waals surface area contributed by atoms with Gasteiger partial charge in [-0.05, 0) is 31.4 Å². The van der Waals surface area contributed by atoms with Gasteiger partial charge < -0.3 is 11.1 Å². The Kier molecular flexibility index (Phi) is 5.42. The molecule has 0 aliphatic carbocycles. The van der Waals surface area contributed by atoms with E-state index < -0.39 is 17.7 Å². The summed E-state index contributed by atoms with van der Waals surface area (Å²) in [6.07, 6.45) is 0.0923. The molecule has 0 radical (unpaired) electrons. The number of carbonyl (C=O) groups excluding carboxylic acids is 1. The zero-order valence-corrected chi connectivity index (χ0v) is 11.4. The van der Waals surface area contributed by atoms with Crippen molar-refractivity contribution in [2.45, 2.75) is 39.3 Å². The molecule has 0 spiro atoms. The van der Waals surface area contributed by atoms with Crippen molar-refractivity contribution in [3.8, 4) is 0 Å². The lowest BCUT2D eigenvalue weighted by Crippen LogP contribution is -2.47. The van der Waals surface area contributed by atoms with Gasteiger partial charge in [0.25, 0.3) is 0 Å². The van der Waals surface area contributed by atoms with Crippen molar-refractivity contribution in [2.24, 2.45) is 11.7 Å². The minimum absolute atomic E-state index is 0.0115. The Hall–Kier alpha value is -1.49. The van der Waals surface area contributed by atoms with Gasteiger partial charge in [0.1, 0.15) is 11.6 Å². The largest absolute Gasteiger partial charge is 0.352 e. The fourth-order valence-corrected chi connectivity index (χ4v) is 1.73. The van der Waals surface area contributed by atoms with Crippen molar-refractivity contribution >= 4 is 5.91 Å². The van der Waals surface area contributed by atoms with E-state index in [0.717, 1.165) is 0 Å². The van der Waals surface area contributed by atoms with Crippen LogP contribution in [0.1, 0.15) is 26.3 Å². The van der Waals surface area contributed by atoms with E-state index in [0.29, 0.717) is 0 Å². The van der Waals surface area contributed by atoms with Crippen LogP contribution in [0.25, 0.3) is 0 Å². The Bertz CT molecular complexity index is 429. The van der Waals surface area contributed by atoms with Crippen LogP contribution in [0.5, 0.6) is 0 Å². The second-order valence-electron chi connectivity index (χ2n) is 5.08. The van der Waals surface area contributed by atoms with Gasteiger partial charge in [-0.1, -0.05) is 19.9 Å². The number of hydrogen-bond donors (Lipinski definition) is 2. The van der Waals surface area contributed by atoms with Crippen molar-refractivity contribution in [3.63, 3.8) is 0 Å². The highest BCUT2D eigenvalue weighted by Gasteiger charge is 2.20. The first kappa shape index (κ1) is 15.6. The van der Waals surface area contributed by atoms with Crippen LogP contribution in [0.3, 0.4) is 0 Å². The molecule has 0 aliphatic rings. The lowest BCUT2D eigenvalue weighted by atomic mass is 10.0. The van der Waals surface area contributed by atoms with Crippen LogP contribution in [-0.4, -0.2) is 18.0 Å². The number of carbonyl (C=O) groups is 1. The molecule has 0 aliphatic heterocycles. The summed E-state index contributed by atoms with van der Waals surface area (Å²) in [6, 6.07) is 2.71. The Morgan fingerprint density at radius 1 is 1.26 bits per heavy atom. The molecule has 0 fully saturated rings. The number of rotatable bonds is 5. The second-order valence-corrected chi connectivity index (χ2v) is 5.08. The van der Waals surface area contributed by atoms with Crippen molar-refractivity contribution in [1.29, 1.82) is 0 Å². The lowest BCUT2D eigenvalue weighted by Gasteiger charge is -2.20. The van der Waals surface area contributed by atoms with E-state index in [9.17, 15) is 13.6 Å². The summed E-state index contributed by atoms with van der Waals surface area (Å²) in [5.74, 6) is -1.50. The first-order valence-electron chi connectivity index (χ1n) is 6.31. The van der Waals surface area contributed by atoms with Gasteiger partial charge in [-0.2, -0.15) is 0 Å². The molecule has 0 saturated heterocycles. The van der Waals surface area contributed by atoms with E-state index in [2.05, 4.69) is 5.32 Å². The number of halogens is 2. The van der Waals surface area contributed by atoms with Crippen molar-refractivity contribution in [2.75, 3.05) is 0 Å². The van der Waals surface area contributed by atoms with Gasteiger partial charge in [-0.3, -0.25) is 4.79 Å². The zero-order chi connectivity index (χ0) is 14.6. The van der Waals surface area contributed by atoms with Gasteiger partial charge in [-0.15, -0.1) is 0 Å². The molecule has 0 aromatic heterocycles. The summed E-state index contributed by atoms with van der Waals surface area (Å²) in [4.78, 5) is 11.7. The van der Waals surface area contributed by atoms with E-state index in [1.807, 2.05) is 13.8 Å². The highest BCUT2D eigenvalue weighted by molar-refractivity contribution is 5.82. The van der Waals surface area contributed by atoms with Crippen molar-refractivity contribution in [1.82, 2.24) is 5.32 Å². The zero-order valence-electron chi connectivity index (χ0n) is 11.4. The molecule has 19 heavy (non-hydrogen) atoms. The maximum Gasteiger partial charge on any atom is 0.237 e. The normalized spacial score (nSPS) is 14.3. The fourth-order valence-electron chi connectivity index (χ4n) is 1.73. The molecule has 106 valence electrons.